The molecular formula is C17H13Br2NO. The molecule has 3 rings (SSSR count). The Morgan fingerprint density at radius 1 is 0.905 bits per heavy atom. The van der Waals surface area contributed by atoms with Crippen LogP contribution >= 0.6 is 31.9 Å². The fourth-order valence-electron chi connectivity index (χ4n) is 2.18. The van der Waals surface area contributed by atoms with Gasteiger partial charge in [0.2, 0.25) is 0 Å². The largest absolute Gasteiger partial charge is 0.467 e. The fraction of sp³-hybridized carbons (Fsp3) is 0.0588. The number of benzene rings is 2. The van der Waals surface area contributed by atoms with Gasteiger partial charge < -0.3 is 9.73 Å². The molecule has 0 saturated heterocycles. The van der Waals surface area contributed by atoms with Gasteiger partial charge in [0.25, 0.3) is 0 Å². The molecule has 0 saturated carbocycles. The summed E-state index contributed by atoms with van der Waals surface area (Å²) >= 11 is 7.09. The zero-order chi connectivity index (χ0) is 14.7. The van der Waals surface area contributed by atoms with Crippen LogP contribution in [-0.4, -0.2) is 0 Å². The topological polar surface area (TPSA) is 25.2 Å². The van der Waals surface area contributed by atoms with Crippen molar-refractivity contribution in [2.45, 2.75) is 6.04 Å². The molecule has 0 fully saturated rings. The molecule has 0 bridgehead atoms. The molecule has 2 nitrogen and oxygen atoms in total. The van der Waals surface area contributed by atoms with E-state index in [2.05, 4.69) is 49.3 Å². The van der Waals surface area contributed by atoms with Crippen molar-refractivity contribution in [2.75, 3.05) is 5.32 Å². The summed E-state index contributed by atoms with van der Waals surface area (Å²) in [5, 5.41) is 3.54. The molecule has 0 aliphatic rings. The third kappa shape index (κ3) is 3.39. The van der Waals surface area contributed by atoms with Crippen LogP contribution in [0.2, 0.25) is 0 Å². The summed E-state index contributed by atoms with van der Waals surface area (Å²) in [7, 11) is 0. The molecule has 2 aromatic carbocycles. The molecule has 1 unspecified atom stereocenters. The van der Waals surface area contributed by atoms with Crippen molar-refractivity contribution in [1.29, 1.82) is 0 Å². The van der Waals surface area contributed by atoms with Crippen molar-refractivity contribution in [3.63, 3.8) is 0 Å². The van der Waals surface area contributed by atoms with E-state index in [1.165, 1.54) is 0 Å². The van der Waals surface area contributed by atoms with Gasteiger partial charge in [0, 0.05) is 8.95 Å². The molecular weight excluding hydrogens is 394 g/mol. The predicted octanol–water partition coefficient (Wildman–Crippen LogP) is 6.01. The van der Waals surface area contributed by atoms with Crippen LogP contribution in [0.15, 0.2) is 80.3 Å². The van der Waals surface area contributed by atoms with Gasteiger partial charge in [0.1, 0.15) is 11.8 Å². The van der Waals surface area contributed by atoms with E-state index in [0.717, 1.165) is 26.0 Å². The lowest BCUT2D eigenvalue weighted by Crippen LogP contribution is -2.12. The van der Waals surface area contributed by atoms with Crippen molar-refractivity contribution >= 4 is 37.5 Å². The van der Waals surface area contributed by atoms with Gasteiger partial charge in [-0.05, 0) is 51.8 Å². The Labute approximate surface area is 140 Å². The highest BCUT2D eigenvalue weighted by Gasteiger charge is 2.17. The molecule has 0 amide bonds. The van der Waals surface area contributed by atoms with Gasteiger partial charge in [0.05, 0.1) is 12.0 Å². The molecule has 0 aliphatic heterocycles. The summed E-state index contributed by atoms with van der Waals surface area (Å²) in [6.07, 6.45) is 1.70. The highest BCUT2D eigenvalue weighted by molar-refractivity contribution is 9.11. The summed E-state index contributed by atoms with van der Waals surface area (Å²) < 4.78 is 7.64. The minimum Gasteiger partial charge on any atom is -0.467 e. The maximum absolute atomic E-state index is 5.60. The van der Waals surface area contributed by atoms with E-state index in [9.17, 15) is 0 Å². The van der Waals surface area contributed by atoms with Crippen LogP contribution in [0.5, 0.6) is 0 Å². The third-order valence-electron chi connectivity index (χ3n) is 3.19. The van der Waals surface area contributed by atoms with Crippen LogP contribution < -0.4 is 5.32 Å². The first-order valence-corrected chi connectivity index (χ1v) is 8.12. The molecule has 1 aromatic heterocycles. The van der Waals surface area contributed by atoms with Crippen LogP contribution in [0.1, 0.15) is 17.4 Å². The summed E-state index contributed by atoms with van der Waals surface area (Å²) in [5.41, 5.74) is 2.16. The van der Waals surface area contributed by atoms with E-state index >= 15 is 0 Å². The Bertz CT molecular complexity index is 711. The number of halogens is 2. The lowest BCUT2D eigenvalue weighted by molar-refractivity contribution is 0.499. The van der Waals surface area contributed by atoms with Gasteiger partial charge in [-0.2, -0.15) is 0 Å². The van der Waals surface area contributed by atoms with Crippen LogP contribution in [0.3, 0.4) is 0 Å². The van der Waals surface area contributed by atoms with E-state index in [4.69, 9.17) is 4.42 Å². The van der Waals surface area contributed by atoms with Gasteiger partial charge in [-0.3, -0.25) is 0 Å². The number of rotatable bonds is 4. The minimum absolute atomic E-state index is 0.0354. The molecule has 106 valence electrons. The first kappa shape index (κ1) is 14.4. The van der Waals surface area contributed by atoms with Crippen molar-refractivity contribution in [2.24, 2.45) is 0 Å². The van der Waals surface area contributed by atoms with E-state index in [-0.39, 0.29) is 6.04 Å². The van der Waals surface area contributed by atoms with Gasteiger partial charge in [0.15, 0.2) is 0 Å². The minimum atomic E-state index is -0.0354. The third-order valence-corrected chi connectivity index (χ3v) is 4.37. The summed E-state index contributed by atoms with van der Waals surface area (Å²) in [4.78, 5) is 0. The summed E-state index contributed by atoms with van der Waals surface area (Å²) in [6.45, 7) is 0. The van der Waals surface area contributed by atoms with Crippen molar-refractivity contribution in [1.82, 2.24) is 0 Å². The molecule has 4 heteroatoms. The van der Waals surface area contributed by atoms with E-state index < -0.39 is 0 Å². The lowest BCUT2D eigenvalue weighted by Gasteiger charge is -2.19. The second kappa shape index (κ2) is 6.50. The average molecular weight is 407 g/mol. The second-order valence-electron chi connectivity index (χ2n) is 4.63. The van der Waals surface area contributed by atoms with Crippen LogP contribution in [-0.2, 0) is 0 Å². The molecule has 0 spiro atoms. The second-order valence-corrected chi connectivity index (χ2v) is 6.40. The number of hydrogen-bond donors (Lipinski definition) is 1. The zero-order valence-corrected chi connectivity index (χ0v) is 14.3. The maximum Gasteiger partial charge on any atom is 0.130 e. The number of anilines is 1. The normalized spacial score (nSPS) is 12.1. The summed E-state index contributed by atoms with van der Waals surface area (Å²) in [6, 6.07) is 20.2. The Kier molecular flexibility index (Phi) is 4.46. The number of nitrogens with one attached hydrogen (secondary N) is 1. The first-order valence-electron chi connectivity index (χ1n) is 6.54. The molecule has 0 aliphatic carbocycles. The SMILES string of the molecule is Brc1ccc(Br)c(NC(c2ccccc2)c2ccco2)c1. The molecule has 1 N–H and O–H groups in total. The molecule has 1 atom stereocenters. The standard InChI is InChI=1S/C17H13Br2NO/c18-13-8-9-14(19)15(11-13)20-17(16-7-4-10-21-16)12-5-2-1-3-6-12/h1-11,17,20H. The highest BCUT2D eigenvalue weighted by atomic mass is 79.9. The first-order chi connectivity index (χ1) is 10.2. The number of furan rings is 1. The average Bonchev–Trinajstić information content (AvgIpc) is 3.03. The maximum atomic E-state index is 5.60. The van der Waals surface area contributed by atoms with Gasteiger partial charge in [-0.1, -0.05) is 46.3 Å². The van der Waals surface area contributed by atoms with E-state index in [1.54, 1.807) is 6.26 Å². The van der Waals surface area contributed by atoms with Gasteiger partial charge >= 0.3 is 0 Å². The smallest absolute Gasteiger partial charge is 0.130 e. The van der Waals surface area contributed by atoms with Gasteiger partial charge in [-0.15, -0.1) is 0 Å². The van der Waals surface area contributed by atoms with E-state index in [0.29, 0.717) is 0 Å². The quantitative estimate of drug-likeness (QED) is 0.574. The fourth-order valence-corrected chi connectivity index (χ4v) is 2.91. The van der Waals surface area contributed by atoms with Crippen LogP contribution in [0.25, 0.3) is 0 Å². The monoisotopic (exact) mass is 405 g/mol. The molecule has 3 aromatic rings. The van der Waals surface area contributed by atoms with Gasteiger partial charge in [-0.25, -0.2) is 0 Å². The zero-order valence-electron chi connectivity index (χ0n) is 11.1. The lowest BCUT2D eigenvalue weighted by atomic mass is 10.0. The Balaban J connectivity index is 1.99. The summed E-state index contributed by atoms with van der Waals surface area (Å²) in [5.74, 6) is 0.882. The van der Waals surface area contributed by atoms with E-state index in [1.807, 2.05) is 48.5 Å². The molecule has 21 heavy (non-hydrogen) atoms. The van der Waals surface area contributed by atoms with Crippen LogP contribution in [0, 0.1) is 0 Å². The van der Waals surface area contributed by atoms with Crippen molar-refractivity contribution in [3.05, 3.63) is 87.2 Å². The Morgan fingerprint density at radius 3 is 2.43 bits per heavy atom. The van der Waals surface area contributed by atoms with Crippen molar-refractivity contribution < 1.29 is 4.42 Å². The highest BCUT2D eigenvalue weighted by Crippen LogP contribution is 2.32. The molecule has 1 heterocycles. The van der Waals surface area contributed by atoms with Crippen LogP contribution in [0.4, 0.5) is 5.69 Å². The number of hydrogen-bond acceptors (Lipinski definition) is 2. The Morgan fingerprint density at radius 2 is 1.71 bits per heavy atom. The predicted molar refractivity (Wildman–Crippen MR) is 92.5 cm³/mol. The van der Waals surface area contributed by atoms with Crippen molar-refractivity contribution in [3.8, 4) is 0 Å². The molecule has 0 radical (unpaired) electrons. The Hall–Kier alpha value is -1.52.